The number of rotatable bonds is 5. The fourth-order valence-electron chi connectivity index (χ4n) is 2.30. The largest absolute Gasteiger partial charge is 0.392 e. The van der Waals surface area contributed by atoms with Gasteiger partial charge >= 0.3 is 0 Å². The van der Waals surface area contributed by atoms with Gasteiger partial charge in [0, 0.05) is 12.6 Å². The number of hydrogen-bond acceptors (Lipinski definition) is 4. The van der Waals surface area contributed by atoms with Gasteiger partial charge in [0.05, 0.1) is 11.5 Å². The predicted octanol–water partition coefficient (Wildman–Crippen LogP) is 0.551. The first-order valence-corrected chi connectivity index (χ1v) is 7.91. The Kier molecular flexibility index (Phi) is 4.57. The summed E-state index contributed by atoms with van der Waals surface area (Å²) < 4.78 is 26.9. The molecule has 2 rings (SSSR count). The summed E-state index contributed by atoms with van der Waals surface area (Å²) in [6, 6.07) is 6.57. The number of aliphatic hydroxyl groups is 1. The third kappa shape index (κ3) is 3.54. The molecule has 0 amide bonds. The van der Waals surface area contributed by atoms with Crippen molar-refractivity contribution in [2.75, 3.05) is 20.1 Å². The molecule has 1 heterocycles. The molecule has 0 saturated carbocycles. The number of nitrogens with one attached hydrogen (secondary N) is 1. The van der Waals surface area contributed by atoms with Gasteiger partial charge in [0.1, 0.15) is 0 Å². The van der Waals surface area contributed by atoms with Crippen molar-refractivity contribution in [3.05, 3.63) is 29.8 Å². The van der Waals surface area contributed by atoms with Crippen molar-refractivity contribution in [2.24, 2.45) is 0 Å². The zero-order chi connectivity index (χ0) is 13.9. The van der Waals surface area contributed by atoms with Crippen molar-refractivity contribution in [3.63, 3.8) is 0 Å². The lowest BCUT2D eigenvalue weighted by Crippen LogP contribution is -2.38. The van der Waals surface area contributed by atoms with E-state index in [9.17, 15) is 8.42 Å². The van der Waals surface area contributed by atoms with Gasteiger partial charge in [0.25, 0.3) is 0 Å². The van der Waals surface area contributed by atoms with Crippen molar-refractivity contribution >= 4 is 10.0 Å². The van der Waals surface area contributed by atoms with Crippen LogP contribution in [0, 0.1) is 0 Å². The monoisotopic (exact) mass is 284 g/mol. The van der Waals surface area contributed by atoms with Crippen LogP contribution in [0.25, 0.3) is 0 Å². The molecule has 1 aromatic rings. The molecule has 6 heteroatoms. The second-order valence-electron chi connectivity index (χ2n) is 4.93. The molecular weight excluding hydrogens is 264 g/mol. The minimum atomic E-state index is -3.45. The van der Waals surface area contributed by atoms with Gasteiger partial charge < -0.3 is 10.0 Å². The molecule has 2 N–H and O–H groups in total. The highest BCUT2D eigenvalue weighted by Crippen LogP contribution is 2.15. The van der Waals surface area contributed by atoms with Crippen molar-refractivity contribution in [1.82, 2.24) is 9.62 Å². The van der Waals surface area contributed by atoms with E-state index in [1.807, 2.05) is 7.05 Å². The number of aliphatic hydroxyl groups excluding tert-OH is 1. The molecule has 1 atom stereocenters. The zero-order valence-electron chi connectivity index (χ0n) is 11.0. The van der Waals surface area contributed by atoms with E-state index in [4.69, 9.17) is 5.11 Å². The second-order valence-corrected chi connectivity index (χ2v) is 6.70. The summed E-state index contributed by atoms with van der Waals surface area (Å²) in [4.78, 5) is 2.42. The quantitative estimate of drug-likeness (QED) is 0.828. The highest BCUT2D eigenvalue weighted by molar-refractivity contribution is 7.89. The molecule has 0 aromatic heterocycles. The van der Waals surface area contributed by atoms with Crippen LogP contribution in [0.3, 0.4) is 0 Å². The molecule has 1 fully saturated rings. The van der Waals surface area contributed by atoms with Gasteiger partial charge in [-0.3, -0.25) is 0 Å². The smallest absolute Gasteiger partial charge is 0.240 e. The Hall–Kier alpha value is -0.950. The molecular formula is C13H20N2O3S. The molecule has 0 radical (unpaired) electrons. The normalized spacial score (nSPS) is 20.8. The van der Waals surface area contributed by atoms with Gasteiger partial charge in [-0.15, -0.1) is 0 Å². The first kappa shape index (κ1) is 14.5. The highest BCUT2D eigenvalue weighted by atomic mass is 32.2. The number of likely N-dealkylation sites (tertiary alicyclic amines) is 1. The zero-order valence-corrected chi connectivity index (χ0v) is 11.9. The van der Waals surface area contributed by atoms with Gasteiger partial charge in [0.2, 0.25) is 10.0 Å². The Labute approximate surface area is 114 Å². The van der Waals surface area contributed by atoms with Crippen LogP contribution in [0.15, 0.2) is 29.2 Å². The lowest BCUT2D eigenvalue weighted by atomic mass is 10.2. The van der Waals surface area contributed by atoms with Crippen molar-refractivity contribution in [2.45, 2.75) is 30.4 Å². The number of nitrogens with zero attached hydrogens (tertiary/aromatic N) is 1. The number of sulfonamides is 1. The van der Waals surface area contributed by atoms with Crippen LogP contribution >= 0.6 is 0 Å². The van der Waals surface area contributed by atoms with Crippen LogP contribution in [0.5, 0.6) is 0 Å². The fraction of sp³-hybridized carbons (Fsp3) is 0.538. The molecule has 0 aliphatic carbocycles. The van der Waals surface area contributed by atoms with Crippen LogP contribution in [0.4, 0.5) is 0 Å². The van der Waals surface area contributed by atoms with Crippen LogP contribution < -0.4 is 4.72 Å². The molecule has 19 heavy (non-hydrogen) atoms. The van der Waals surface area contributed by atoms with Gasteiger partial charge in [0.15, 0.2) is 0 Å². The summed E-state index contributed by atoms with van der Waals surface area (Å²) in [6.45, 7) is 1.39. The van der Waals surface area contributed by atoms with Crippen LogP contribution in [0.2, 0.25) is 0 Å². The Morgan fingerprint density at radius 1 is 1.37 bits per heavy atom. The standard InChI is InChI=1S/C13H20N2O3S/c1-15-8-2-3-12(15)9-14-19(17,18)13-6-4-11(10-16)5-7-13/h4-7,12,14,16H,2-3,8-10H2,1H3. The maximum atomic E-state index is 12.1. The number of hydrogen-bond donors (Lipinski definition) is 2. The van der Waals surface area contributed by atoms with Crippen LogP contribution in [0.1, 0.15) is 18.4 Å². The molecule has 106 valence electrons. The molecule has 1 aromatic carbocycles. The summed E-state index contributed by atoms with van der Waals surface area (Å²) in [5.74, 6) is 0. The first-order valence-electron chi connectivity index (χ1n) is 6.42. The predicted molar refractivity (Wildman–Crippen MR) is 73.2 cm³/mol. The van der Waals surface area contributed by atoms with Crippen LogP contribution in [-0.4, -0.2) is 44.6 Å². The minimum absolute atomic E-state index is 0.0827. The molecule has 5 nitrogen and oxygen atoms in total. The Morgan fingerprint density at radius 2 is 2.05 bits per heavy atom. The molecule has 0 spiro atoms. The fourth-order valence-corrected chi connectivity index (χ4v) is 3.37. The third-order valence-electron chi connectivity index (χ3n) is 3.60. The molecule has 0 bridgehead atoms. The average Bonchev–Trinajstić information content (AvgIpc) is 2.82. The third-order valence-corrected chi connectivity index (χ3v) is 5.04. The van der Waals surface area contributed by atoms with Crippen molar-refractivity contribution < 1.29 is 13.5 Å². The van der Waals surface area contributed by atoms with Gasteiger partial charge in [-0.2, -0.15) is 0 Å². The van der Waals surface area contributed by atoms with E-state index >= 15 is 0 Å². The Morgan fingerprint density at radius 3 is 2.58 bits per heavy atom. The maximum absolute atomic E-state index is 12.1. The molecule has 1 unspecified atom stereocenters. The Balaban J connectivity index is 2.01. The summed E-state index contributed by atoms with van der Waals surface area (Å²) in [5.41, 5.74) is 0.703. The molecule has 1 saturated heterocycles. The Bertz CT molecular complexity index is 513. The highest BCUT2D eigenvalue weighted by Gasteiger charge is 2.23. The van der Waals surface area contributed by atoms with Crippen LogP contribution in [-0.2, 0) is 16.6 Å². The lowest BCUT2D eigenvalue weighted by molar-refractivity contribution is 0.282. The molecule has 1 aliphatic rings. The summed E-state index contributed by atoms with van der Waals surface area (Å²) >= 11 is 0. The maximum Gasteiger partial charge on any atom is 0.240 e. The van der Waals surface area contributed by atoms with Gasteiger partial charge in [-0.25, -0.2) is 13.1 Å². The van der Waals surface area contributed by atoms with Gasteiger partial charge in [-0.1, -0.05) is 12.1 Å². The van der Waals surface area contributed by atoms with E-state index in [0.717, 1.165) is 19.4 Å². The van der Waals surface area contributed by atoms with Crippen molar-refractivity contribution in [3.8, 4) is 0 Å². The van der Waals surface area contributed by atoms with E-state index < -0.39 is 10.0 Å². The van der Waals surface area contributed by atoms with E-state index in [-0.39, 0.29) is 17.5 Å². The second kappa shape index (κ2) is 6.00. The topological polar surface area (TPSA) is 69.6 Å². The first-order chi connectivity index (χ1) is 9.03. The molecule has 1 aliphatic heterocycles. The average molecular weight is 284 g/mol. The van der Waals surface area contributed by atoms with E-state index in [0.29, 0.717) is 12.1 Å². The summed E-state index contributed by atoms with van der Waals surface area (Å²) in [5, 5.41) is 8.94. The number of benzene rings is 1. The number of likely N-dealkylation sites (N-methyl/N-ethyl adjacent to an activating group) is 1. The SMILES string of the molecule is CN1CCCC1CNS(=O)(=O)c1ccc(CO)cc1. The van der Waals surface area contributed by atoms with E-state index in [1.54, 1.807) is 12.1 Å². The van der Waals surface area contributed by atoms with Gasteiger partial charge in [-0.05, 0) is 44.1 Å². The lowest BCUT2D eigenvalue weighted by Gasteiger charge is -2.19. The summed E-state index contributed by atoms with van der Waals surface area (Å²) in [6.07, 6.45) is 2.15. The minimum Gasteiger partial charge on any atom is -0.392 e. The van der Waals surface area contributed by atoms with Crippen molar-refractivity contribution in [1.29, 1.82) is 0 Å². The van der Waals surface area contributed by atoms with E-state index in [1.165, 1.54) is 12.1 Å². The van der Waals surface area contributed by atoms with E-state index in [2.05, 4.69) is 9.62 Å². The summed E-state index contributed by atoms with van der Waals surface area (Å²) in [7, 11) is -1.44.